The molecule has 1 N–H and O–H groups in total. The van der Waals surface area contributed by atoms with Crippen molar-refractivity contribution in [2.24, 2.45) is 11.8 Å². The molecule has 2 aromatic rings. The first-order chi connectivity index (χ1) is 13.2. The summed E-state index contributed by atoms with van der Waals surface area (Å²) in [7, 11) is 0. The Morgan fingerprint density at radius 3 is 2.70 bits per heavy atom. The number of morpholine rings is 1. The number of hydrogen-bond acceptors (Lipinski definition) is 5. The molecule has 0 bridgehead atoms. The van der Waals surface area contributed by atoms with Crippen molar-refractivity contribution in [2.45, 2.75) is 13.5 Å². The summed E-state index contributed by atoms with van der Waals surface area (Å²) in [4.78, 5) is 4.98. The molecule has 2 fully saturated rings. The van der Waals surface area contributed by atoms with Crippen LogP contribution in [0.15, 0.2) is 36.7 Å². The van der Waals surface area contributed by atoms with Crippen molar-refractivity contribution in [1.29, 1.82) is 0 Å². The predicted octanol–water partition coefficient (Wildman–Crippen LogP) is 1.55. The molecule has 4 rings (SSSR count). The maximum atomic E-state index is 9.91. The van der Waals surface area contributed by atoms with Gasteiger partial charge in [-0.05, 0) is 36.5 Å². The highest BCUT2D eigenvalue weighted by Crippen LogP contribution is 2.27. The van der Waals surface area contributed by atoms with Gasteiger partial charge in [0.2, 0.25) is 0 Å². The number of aromatic nitrogens is 2. The molecule has 6 heteroatoms. The zero-order valence-electron chi connectivity index (χ0n) is 16.1. The Hall–Kier alpha value is -1.73. The van der Waals surface area contributed by atoms with E-state index in [0.717, 1.165) is 58.2 Å². The summed E-state index contributed by atoms with van der Waals surface area (Å²) < 4.78 is 7.41. The maximum absolute atomic E-state index is 9.91. The number of likely N-dealkylation sites (tertiary alicyclic amines) is 1. The van der Waals surface area contributed by atoms with Crippen LogP contribution in [0.1, 0.15) is 11.1 Å². The summed E-state index contributed by atoms with van der Waals surface area (Å²) >= 11 is 0. The third-order valence-electron chi connectivity index (χ3n) is 5.86. The minimum absolute atomic E-state index is 0.269. The largest absolute Gasteiger partial charge is 0.396 e. The van der Waals surface area contributed by atoms with Crippen LogP contribution in [0.2, 0.25) is 0 Å². The van der Waals surface area contributed by atoms with Crippen LogP contribution in [0.3, 0.4) is 0 Å². The molecule has 27 heavy (non-hydrogen) atoms. The third-order valence-corrected chi connectivity index (χ3v) is 5.86. The van der Waals surface area contributed by atoms with Crippen LogP contribution in [0, 0.1) is 18.8 Å². The van der Waals surface area contributed by atoms with Gasteiger partial charge in [-0.3, -0.25) is 9.80 Å². The number of ether oxygens (including phenoxy) is 1. The topological polar surface area (TPSA) is 53.8 Å². The number of rotatable bonds is 6. The van der Waals surface area contributed by atoms with Crippen molar-refractivity contribution in [1.82, 2.24) is 19.6 Å². The van der Waals surface area contributed by atoms with Gasteiger partial charge >= 0.3 is 0 Å². The Labute approximate surface area is 161 Å². The summed E-state index contributed by atoms with van der Waals surface area (Å²) in [5, 5.41) is 14.3. The number of hydrogen-bond donors (Lipinski definition) is 1. The van der Waals surface area contributed by atoms with Gasteiger partial charge in [0.05, 0.1) is 18.9 Å². The third kappa shape index (κ3) is 4.41. The first-order valence-electron chi connectivity index (χ1n) is 9.96. The van der Waals surface area contributed by atoms with Crippen LogP contribution >= 0.6 is 0 Å². The fourth-order valence-electron chi connectivity index (χ4n) is 4.41. The molecular formula is C21H30N4O2. The Morgan fingerprint density at radius 2 is 1.96 bits per heavy atom. The van der Waals surface area contributed by atoms with E-state index in [0.29, 0.717) is 11.8 Å². The van der Waals surface area contributed by atoms with Gasteiger partial charge in [-0.25, -0.2) is 4.68 Å². The Morgan fingerprint density at radius 1 is 1.15 bits per heavy atom. The molecule has 0 spiro atoms. The molecule has 3 heterocycles. The molecule has 0 saturated carbocycles. The molecular weight excluding hydrogens is 340 g/mol. The van der Waals surface area contributed by atoms with Gasteiger partial charge in [-0.1, -0.05) is 17.7 Å². The first kappa shape index (κ1) is 18.6. The highest BCUT2D eigenvalue weighted by Gasteiger charge is 2.34. The lowest BCUT2D eigenvalue weighted by molar-refractivity contribution is 0.0264. The molecule has 1 aromatic carbocycles. The van der Waals surface area contributed by atoms with E-state index in [1.54, 1.807) is 0 Å². The van der Waals surface area contributed by atoms with E-state index in [9.17, 15) is 5.11 Å². The van der Waals surface area contributed by atoms with E-state index in [4.69, 9.17) is 4.74 Å². The van der Waals surface area contributed by atoms with Crippen molar-refractivity contribution in [3.8, 4) is 5.69 Å². The molecule has 2 saturated heterocycles. The molecule has 0 aliphatic carbocycles. The highest BCUT2D eigenvalue weighted by atomic mass is 16.5. The van der Waals surface area contributed by atoms with Crippen LogP contribution in [0.5, 0.6) is 0 Å². The second-order valence-electron chi connectivity index (χ2n) is 7.89. The number of aliphatic hydroxyl groups is 1. The average molecular weight is 370 g/mol. The lowest BCUT2D eigenvalue weighted by Gasteiger charge is -2.30. The van der Waals surface area contributed by atoms with Crippen LogP contribution in [-0.2, 0) is 11.3 Å². The van der Waals surface area contributed by atoms with Crippen molar-refractivity contribution in [2.75, 3.05) is 52.5 Å². The van der Waals surface area contributed by atoms with E-state index in [2.05, 4.69) is 40.0 Å². The molecule has 146 valence electrons. The Balaban J connectivity index is 1.46. The summed E-state index contributed by atoms with van der Waals surface area (Å²) in [5.41, 5.74) is 3.70. The van der Waals surface area contributed by atoms with Gasteiger partial charge in [-0.15, -0.1) is 0 Å². The minimum Gasteiger partial charge on any atom is -0.396 e. The Kier molecular flexibility index (Phi) is 5.88. The van der Waals surface area contributed by atoms with E-state index in [1.165, 1.54) is 11.1 Å². The van der Waals surface area contributed by atoms with Crippen molar-refractivity contribution < 1.29 is 9.84 Å². The van der Waals surface area contributed by atoms with Crippen LogP contribution in [0.25, 0.3) is 5.69 Å². The quantitative estimate of drug-likeness (QED) is 0.836. The average Bonchev–Trinajstić information content (AvgIpc) is 3.33. The zero-order chi connectivity index (χ0) is 18.6. The molecule has 1 aromatic heterocycles. The second kappa shape index (κ2) is 8.52. The van der Waals surface area contributed by atoms with Gasteiger partial charge in [0.15, 0.2) is 0 Å². The van der Waals surface area contributed by atoms with Crippen LogP contribution in [0.4, 0.5) is 0 Å². The van der Waals surface area contributed by atoms with Gasteiger partial charge in [0, 0.05) is 58.3 Å². The summed E-state index contributed by atoms with van der Waals surface area (Å²) in [5.74, 6) is 0.872. The molecule has 2 unspecified atom stereocenters. The molecule has 0 radical (unpaired) electrons. The normalized spacial score (nSPS) is 24.5. The van der Waals surface area contributed by atoms with Gasteiger partial charge in [-0.2, -0.15) is 5.10 Å². The summed E-state index contributed by atoms with van der Waals surface area (Å²) in [6.45, 7) is 10.0. The monoisotopic (exact) mass is 370 g/mol. The predicted molar refractivity (Wildman–Crippen MR) is 105 cm³/mol. The van der Waals surface area contributed by atoms with Gasteiger partial charge in [0.1, 0.15) is 0 Å². The molecule has 2 aliphatic rings. The van der Waals surface area contributed by atoms with E-state index >= 15 is 0 Å². The Bertz CT molecular complexity index is 728. The molecule has 2 atom stereocenters. The maximum Gasteiger partial charge on any atom is 0.0690 e. The first-order valence-corrected chi connectivity index (χ1v) is 9.96. The standard InChI is InChI=1S/C21H30N4O2/c1-17-3-4-21(25-6-2-5-22-25)18(11-17)12-24-14-19(20(15-24)16-26)13-23-7-9-27-10-8-23/h2-6,11,19-20,26H,7-10,12-16H2,1H3. The lowest BCUT2D eigenvalue weighted by Crippen LogP contribution is -2.41. The zero-order valence-corrected chi connectivity index (χ0v) is 16.1. The number of aryl methyl sites for hydroxylation is 1. The summed E-state index contributed by atoms with van der Waals surface area (Å²) in [6, 6.07) is 8.52. The fraction of sp³-hybridized carbons (Fsp3) is 0.571. The summed E-state index contributed by atoms with van der Waals surface area (Å²) in [6.07, 6.45) is 3.82. The smallest absolute Gasteiger partial charge is 0.0690 e. The SMILES string of the molecule is Cc1ccc(-n2cccn2)c(CN2CC(CO)C(CN3CCOCC3)C2)c1. The van der Waals surface area contributed by atoms with Gasteiger partial charge in [0.25, 0.3) is 0 Å². The van der Waals surface area contributed by atoms with Crippen LogP contribution < -0.4 is 0 Å². The van der Waals surface area contributed by atoms with Crippen molar-refractivity contribution in [3.05, 3.63) is 47.8 Å². The molecule has 0 amide bonds. The van der Waals surface area contributed by atoms with Crippen molar-refractivity contribution in [3.63, 3.8) is 0 Å². The van der Waals surface area contributed by atoms with Gasteiger partial charge < -0.3 is 9.84 Å². The van der Waals surface area contributed by atoms with Crippen LogP contribution in [-0.4, -0.2) is 77.2 Å². The number of aliphatic hydroxyl groups excluding tert-OH is 1. The fourth-order valence-corrected chi connectivity index (χ4v) is 4.41. The molecule has 2 aliphatic heterocycles. The molecule has 6 nitrogen and oxygen atoms in total. The number of nitrogens with zero attached hydrogens (tertiary/aromatic N) is 4. The highest BCUT2D eigenvalue weighted by molar-refractivity contribution is 5.42. The van der Waals surface area contributed by atoms with E-state index in [1.807, 2.05) is 23.1 Å². The van der Waals surface area contributed by atoms with E-state index < -0.39 is 0 Å². The lowest BCUT2D eigenvalue weighted by atomic mass is 9.96. The second-order valence-corrected chi connectivity index (χ2v) is 7.89. The minimum atomic E-state index is 0.269. The van der Waals surface area contributed by atoms with Crippen molar-refractivity contribution >= 4 is 0 Å². The number of benzene rings is 1. The van der Waals surface area contributed by atoms with E-state index in [-0.39, 0.29) is 6.61 Å².